The SMILES string of the molecule is CNC1(c2ccccc2)CCC2(CC1)CN(c1cnc(N3CCN(C)CC3)nc1)C(O)N2CC1(O)CCC1. The first kappa shape index (κ1) is 26.0. The van der Waals surface area contributed by atoms with Gasteiger partial charge in [0, 0.05) is 50.3 Å². The summed E-state index contributed by atoms with van der Waals surface area (Å²) in [5, 5.41) is 26.5. The minimum absolute atomic E-state index is 0.0722. The van der Waals surface area contributed by atoms with E-state index in [1.807, 2.05) is 17.3 Å². The molecule has 1 aromatic heterocycles. The van der Waals surface area contributed by atoms with Crippen LogP contribution in [-0.2, 0) is 5.54 Å². The van der Waals surface area contributed by atoms with Crippen molar-refractivity contribution in [3.8, 4) is 0 Å². The second-order valence-corrected chi connectivity index (χ2v) is 12.1. The summed E-state index contributed by atoms with van der Waals surface area (Å²) in [6.07, 6.45) is 9.40. The fraction of sp³-hybridized carbons (Fsp3) is 0.655. The van der Waals surface area contributed by atoms with Crippen LogP contribution in [0.1, 0.15) is 50.5 Å². The number of aromatic nitrogens is 2. The number of aliphatic hydroxyl groups excluding tert-OH is 1. The van der Waals surface area contributed by atoms with Crippen LogP contribution in [0.3, 0.4) is 0 Å². The molecule has 1 aromatic carbocycles. The fourth-order valence-corrected chi connectivity index (χ4v) is 7.10. The lowest BCUT2D eigenvalue weighted by atomic mass is 9.68. The highest BCUT2D eigenvalue weighted by atomic mass is 16.3. The molecule has 2 saturated heterocycles. The molecule has 1 atom stereocenters. The Labute approximate surface area is 226 Å². The number of benzene rings is 1. The van der Waals surface area contributed by atoms with E-state index >= 15 is 0 Å². The molecule has 4 aliphatic rings. The zero-order valence-electron chi connectivity index (χ0n) is 22.9. The molecule has 2 aliphatic carbocycles. The average molecular weight is 522 g/mol. The highest BCUT2D eigenvalue weighted by Gasteiger charge is 2.56. The summed E-state index contributed by atoms with van der Waals surface area (Å²) in [6, 6.07) is 10.7. The largest absolute Gasteiger partial charge is 0.389 e. The summed E-state index contributed by atoms with van der Waals surface area (Å²) in [5.41, 5.74) is 1.17. The molecule has 1 spiro atoms. The zero-order valence-corrected chi connectivity index (χ0v) is 22.9. The van der Waals surface area contributed by atoms with Crippen LogP contribution >= 0.6 is 0 Å². The van der Waals surface area contributed by atoms with Gasteiger partial charge in [0.15, 0.2) is 6.35 Å². The molecule has 3 heterocycles. The summed E-state index contributed by atoms with van der Waals surface area (Å²) in [5.74, 6) is 0.755. The summed E-state index contributed by atoms with van der Waals surface area (Å²) in [6.45, 7) is 5.07. The second-order valence-electron chi connectivity index (χ2n) is 12.1. The van der Waals surface area contributed by atoms with E-state index in [1.54, 1.807) is 0 Å². The quantitative estimate of drug-likeness (QED) is 0.528. The number of aliphatic hydroxyl groups is 2. The Kier molecular flexibility index (Phi) is 6.85. The lowest BCUT2D eigenvalue weighted by Crippen LogP contribution is -2.60. The molecule has 206 valence electrons. The number of rotatable bonds is 6. The third-order valence-electron chi connectivity index (χ3n) is 9.96. The highest BCUT2D eigenvalue weighted by Crippen LogP contribution is 2.49. The van der Waals surface area contributed by atoms with Crippen molar-refractivity contribution in [1.82, 2.24) is 25.1 Å². The number of likely N-dealkylation sites (N-methyl/N-ethyl adjacent to an activating group) is 1. The monoisotopic (exact) mass is 521 g/mol. The Morgan fingerprint density at radius 1 is 0.947 bits per heavy atom. The topological polar surface area (TPSA) is 91.2 Å². The molecule has 6 rings (SSSR count). The van der Waals surface area contributed by atoms with Gasteiger partial charge in [-0.3, -0.25) is 4.90 Å². The van der Waals surface area contributed by atoms with E-state index in [-0.39, 0.29) is 11.1 Å². The van der Waals surface area contributed by atoms with Gasteiger partial charge in [-0.25, -0.2) is 9.97 Å². The fourth-order valence-electron chi connectivity index (χ4n) is 7.10. The van der Waals surface area contributed by atoms with Gasteiger partial charge in [0.1, 0.15) is 0 Å². The lowest BCUT2D eigenvalue weighted by Gasteiger charge is -2.51. The van der Waals surface area contributed by atoms with E-state index in [2.05, 4.69) is 64.4 Å². The van der Waals surface area contributed by atoms with Crippen molar-refractivity contribution in [1.29, 1.82) is 0 Å². The van der Waals surface area contributed by atoms with Gasteiger partial charge < -0.3 is 30.2 Å². The molecule has 38 heavy (non-hydrogen) atoms. The molecule has 0 amide bonds. The molecular formula is C29H43N7O2. The smallest absolute Gasteiger partial charge is 0.225 e. The van der Waals surface area contributed by atoms with Crippen LogP contribution in [0.15, 0.2) is 42.7 Å². The molecule has 3 N–H and O–H groups in total. The summed E-state index contributed by atoms with van der Waals surface area (Å²) in [4.78, 5) is 18.2. The molecule has 2 saturated carbocycles. The van der Waals surface area contributed by atoms with E-state index < -0.39 is 12.0 Å². The van der Waals surface area contributed by atoms with Crippen LogP contribution < -0.4 is 15.1 Å². The first-order chi connectivity index (χ1) is 18.4. The van der Waals surface area contributed by atoms with Crippen molar-refractivity contribution in [2.24, 2.45) is 0 Å². The van der Waals surface area contributed by atoms with Gasteiger partial charge in [-0.2, -0.15) is 0 Å². The van der Waals surface area contributed by atoms with E-state index in [0.717, 1.165) is 82.8 Å². The highest BCUT2D eigenvalue weighted by molar-refractivity contribution is 5.48. The van der Waals surface area contributed by atoms with Crippen molar-refractivity contribution in [3.63, 3.8) is 0 Å². The molecule has 2 aromatic rings. The molecule has 9 nitrogen and oxygen atoms in total. The summed E-state index contributed by atoms with van der Waals surface area (Å²) in [7, 11) is 4.21. The van der Waals surface area contributed by atoms with Crippen LogP contribution in [0.25, 0.3) is 0 Å². The van der Waals surface area contributed by atoms with Crippen LogP contribution in [0.4, 0.5) is 11.6 Å². The Bertz CT molecular complexity index is 1080. The summed E-state index contributed by atoms with van der Waals surface area (Å²) < 4.78 is 0. The number of hydrogen-bond donors (Lipinski definition) is 3. The number of β-amino-alcohol motifs (C(OH)–C–C–N with tert-alkyl or cyclic N) is 1. The van der Waals surface area contributed by atoms with E-state index in [9.17, 15) is 10.2 Å². The minimum atomic E-state index is -0.809. The van der Waals surface area contributed by atoms with Crippen molar-refractivity contribution in [2.75, 3.05) is 63.2 Å². The van der Waals surface area contributed by atoms with Crippen molar-refractivity contribution in [3.05, 3.63) is 48.3 Å². The van der Waals surface area contributed by atoms with Crippen molar-refractivity contribution in [2.45, 2.75) is 68.0 Å². The van der Waals surface area contributed by atoms with E-state index in [1.165, 1.54) is 5.56 Å². The summed E-state index contributed by atoms with van der Waals surface area (Å²) >= 11 is 0. The zero-order chi connectivity index (χ0) is 26.4. The first-order valence-electron chi connectivity index (χ1n) is 14.3. The van der Waals surface area contributed by atoms with Gasteiger partial charge >= 0.3 is 0 Å². The molecule has 1 unspecified atom stereocenters. The molecule has 0 radical (unpaired) electrons. The molecule has 0 bridgehead atoms. The van der Waals surface area contributed by atoms with Crippen LogP contribution in [0.2, 0.25) is 0 Å². The number of hydrogen-bond acceptors (Lipinski definition) is 9. The third-order valence-corrected chi connectivity index (χ3v) is 9.96. The molecule has 4 fully saturated rings. The van der Waals surface area contributed by atoms with Crippen LogP contribution in [-0.4, -0.2) is 101 Å². The Morgan fingerprint density at radius 2 is 1.61 bits per heavy atom. The minimum Gasteiger partial charge on any atom is -0.389 e. The number of anilines is 2. The number of piperazine rings is 1. The predicted molar refractivity (Wildman–Crippen MR) is 149 cm³/mol. The van der Waals surface area contributed by atoms with Gasteiger partial charge in [-0.15, -0.1) is 0 Å². The molecule has 9 heteroatoms. The number of nitrogens with one attached hydrogen (secondary N) is 1. The van der Waals surface area contributed by atoms with E-state index in [4.69, 9.17) is 9.97 Å². The van der Waals surface area contributed by atoms with Crippen molar-refractivity contribution >= 4 is 11.6 Å². The lowest BCUT2D eigenvalue weighted by molar-refractivity contribution is -0.120. The van der Waals surface area contributed by atoms with Gasteiger partial charge in [-0.1, -0.05) is 30.3 Å². The Hall–Kier alpha value is -2.30. The van der Waals surface area contributed by atoms with Crippen molar-refractivity contribution < 1.29 is 10.2 Å². The second kappa shape index (κ2) is 10.0. The maximum Gasteiger partial charge on any atom is 0.225 e. The Balaban J connectivity index is 1.24. The van der Waals surface area contributed by atoms with Gasteiger partial charge in [-0.05, 0) is 64.6 Å². The molecule has 2 aliphatic heterocycles. The predicted octanol–water partition coefficient (Wildman–Crippen LogP) is 1.97. The number of nitrogens with zero attached hydrogens (tertiary/aromatic N) is 6. The van der Waals surface area contributed by atoms with Crippen LogP contribution in [0, 0.1) is 0 Å². The normalized spacial score (nSPS) is 32.1. The van der Waals surface area contributed by atoms with Gasteiger partial charge in [0.25, 0.3) is 0 Å². The van der Waals surface area contributed by atoms with Crippen LogP contribution in [0.5, 0.6) is 0 Å². The maximum absolute atomic E-state index is 11.7. The third kappa shape index (κ3) is 4.58. The van der Waals surface area contributed by atoms with Gasteiger partial charge in [0.2, 0.25) is 5.95 Å². The Morgan fingerprint density at radius 3 is 2.18 bits per heavy atom. The first-order valence-corrected chi connectivity index (χ1v) is 14.3. The molecular weight excluding hydrogens is 478 g/mol. The average Bonchev–Trinajstić information content (AvgIpc) is 3.20. The maximum atomic E-state index is 11.7. The van der Waals surface area contributed by atoms with Gasteiger partial charge in [0.05, 0.1) is 23.7 Å². The van der Waals surface area contributed by atoms with E-state index in [0.29, 0.717) is 13.1 Å². The standard InChI is InChI=1S/C29H43N7O2/c1-30-29(23-7-4-3-5-8-23)13-11-27(12-14-29)21-35(26(37)36(27)22-28(38)9-6-10-28)24-19-31-25(32-20-24)34-17-15-33(2)16-18-34/h3-5,7-8,19-20,26,30,37-38H,6,9-18,21-22H2,1-2H3.